The smallest absolute Gasteiger partial charge is 0.467 e. The van der Waals surface area contributed by atoms with Crippen LogP contribution in [0.5, 0.6) is 0 Å². The molecule has 1 amide bonds. The Morgan fingerprint density at radius 3 is 2.26 bits per heavy atom. The molecule has 27 heavy (non-hydrogen) atoms. The van der Waals surface area contributed by atoms with E-state index in [-0.39, 0.29) is 18.9 Å². The lowest BCUT2D eigenvalue weighted by atomic mass is 10.0. The van der Waals surface area contributed by atoms with E-state index in [0.29, 0.717) is 10.5 Å². The van der Waals surface area contributed by atoms with Crippen LogP contribution in [0.15, 0.2) is 42.5 Å². The summed E-state index contributed by atoms with van der Waals surface area (Å²) in [6.07, 6.45) is -5.01. The number of alkyl halides is 3. The molecule has 4 nitrogen and oxygen atoms in total. The summed E-state index contributed by atoms with van der Waals surface area (Å²) < 4.78 is 44.2. The molecule has 146 valence electrons. The summed E-state index contributed by atoms with van der Waals surface area (Å²) in [4.78, 5) is 24.8. The van der Waals surface area contributed by atoms with Crippen LogP contribution < -0.4 is 0 Å². The van der Waals surface area contributed by atoms with Gasteiger partial charge in [0, 0.05) is 6.54 Å². The highest BCUT2D eigenvalue weighted by atomic mass is 19.4. The van der Waals surface area contributed by atoms with Gasteiger partial charge in [0.15, 0.2) is 0 Å². The van der Waals surface area contributed by atoms with E-state index in [2.05, 4.69) is 4.74 Å². The maximum Gasteiger partial charge on any atom is 0.471 e. The SMILES string of the molecule is COC(=O)[C@H](CC(C)C)N(Cc1ccc2ccccc2c1)C(=O)C(F)(F)F. The number of rotatable bonds is 6. The Balaban J connectivity index is 2.43. The number of hydrogen-bond acceptors (Lipinski definition) is 3. The van der Waals surface area contributed by atoms with Crippen LogP contribution in [0.4, 0.5) is 13.2 Å². The number of fused-ring (bicyclic) bond motifs is 1. The molecule has 0 saturated carbocycles. The first kappa shape index (κ1) is 20.7. The van der Waals surface area contributed by atoms with Gasteiger partial charge in [-0.15, -0.1) is 0 Å². The van der Waals surface area contributed by atoms with Gasteiger partial charge in [-0.3, -0.25) is 4.79 Å². The van der Waals surface area contributed by atoms with Gasteiger partial charge in [-0.2, -0.15) is 13.2 Å². The molecule has 2 aromatic rings. The maximum atomic E-state index is 13.2. The van der Waals surface area contributed by atoms with Crippen molar-refractivity contribution < 1.29 is 27.5 Å². The lowest BCUT2D eigenvalue weighted by Gasteiger charge is -2.31. The van der Waals surface area contributed by atoms with Gasteiger partial charge in [-0.05, 0) is 34.7 Å². The standard InChI is InChI=1S/C20H22F3NO3/c1-13(2)10-17(18(25)27-3)24(19(26)20(21,22)23)12-14-8-9-15-6-4-5-7-16(15)11-14/h4-9,11,13,17H,10,12H2,1-3H3/t17-/m0/s1. The van der Waals surface area contributed by atoms with Crippen LogP contribution in [0.3, 0.4) is 0 Å². The summed E-state index contributed by atoms with van der Waals surface area (Å²) in [6, 6.07) is 11.2. The van der Waals surface area contributed by atoms with Crippen LogP contribution in [0, 0.1) is 5.92 Å². The van der Waals surface area contributed by atoms with E-state index in [1.807, 2.05) is 24.3 Å². The van der Waals surface area contributed by atoms with Crippen molar-refractivity contribution in [3.05, 3.63) is 48.0 Å². The maximum absolute atomic E-state index is 13.2. The van der Waals surface area contributed by atoms with E-state index in [4.69, 9.17) is 0 Å². The van der Waals surface area contributed by atoms with Crippen LogP contribution in [0.25, 0.3) is 10.8 Å². The molecule has 0 radical (unpaired) electrons. The van der Waals surface area contributed by atoms with Crippen molar-refractivity contribution in [2.75, 3.05) is 7.11 Å². The predicted molar refractivity (Wildman–Crippen MR) is 95.8 cm³/mol. The fourth-order valence-electron chi connectivity index (χ4n) is 2.95. The number of carbonyl (C=O) groups excluding carboxylic acids is 2. The second-order valence-electron chi connectivity index (χ2n) is 6.78. The third-order valence-electron chi connectivity index (χ3n) is 4.21. The lowest BCUT2D eigenvalue weighted by molar-refractivity contribution is -0.191. The molecule has 0 N–H and O–H groups in total. The second kappa shape index (κ2) is 8.41. The Bertz CT molecular complexity index is 817. The van der Waals surface area contributed by atoms with Crippen molar-refractivity contribution in [3.8, 4) is 0 Å². The Kier molecular flexibility index (Phi) is 6.46. The number of carbonyl (C=O) groups is 2. The van der Waals surface area contributed by atoms with Crippen LogP contribution in [0.1, 0.15) is 25.8 Å². The van der Waals surface area contributed by atoms with Crippen molar-refractivity contribution in [1.29, 1.82) is 0 Å². The van der Waals surface area contributed by atoms with Gasteiger partial charge < -0.3 is 9.64 Å². The number of methoxy groups -OCH3 is 1. The van der Waals surface area contributed by atoms with Crippen molar-refractivity contribution in [2.45, 2.75) is 39.0 Å². The normalized spacial score (nSPS) is 12.9. The monoisotopic (exact) mass is 381 g/mol. The minimum Gasteiger partial charge on any atom is -0.467 e. The van der Waals surface area contributed by atoms with Crippen molar-refractivity contribution >= 4 is 22.6 Å². The molecule has 2 aromatic carbocycles. The number of amides is 1. The van der Waals surface area contributed by atoms with Crippen LogP contribution >= 0.6 is 0 Å². The second-order valence-corrected chi connectivity index (χ2v) is 6.78. The third kappa shape index (κ3) is 5.21. The van der Waals surface area contributed by atoms with E-state index in [0.717, 1.165) is 17.9 Å². The van der Waals surface area contributed by atoms with Crippen molar-refractivity contribution in [3.63, 3.8) is 0 Å². The fourth-order valence-corrected chi connectivity index (χ4v) is 2.95. The molecular weight excluding hydrogens is 359 g/mol. The third-order valence-corrected chi connectivity index (χ3v) is 4.21. The average Bonchev–Trinajstić information content (AvgIpc) is 2.62. The molecule has 0 aliphatic rings. The zero-order valence-electron chi connectivity index (χ0n) is 15.4. The number of ether oxygens (including phenoxy) is 1. The summed E-state index contributed by atoms with van der Waals surface area (Å²) in [5, 5.41) is 1.77. The first-order valence-corrected chi connectivity index (χ1v) is 8.56. The van der Waals surface area contributed by atoms with E-state index >= 15 is 0 Å². The highest BCUT2D eigenvalue weighted by molar-refractivity contribution is 5.88. The van der Waals surface area contributed by atoms with Crippen LogP contribution in [-0.2, 0) is 20.9 Å². The Hall–Kier alpha value is -2.57. The molecule has 0 heterocycles. The van der Waals surface area contributed by atoms with Crippen molar-refractivity contribution in [2.24, 2.45) is 5.92 Å². The zero-order valence-corrected chi connectivity index (χ0v) is 15.4. The highest BCUT2D eigenvalue weighted by Crippen LogP contribution is 2.26. The van der Waals surface area contributed by atoms with E-state index < -0.39 is 24.1 Å². The number of benzene rings is 2. The molecule has 0 aliphatic heterocycles. The molecule has 0 spiro atoms. The van der Waals surface area contributed by atoms with Gasteiger partial charge in [-0.1, -0.05) is 50.2 Å². The molecule has 0 unspecified atom stereocenters. The van der Waals surface area contributed by atoms with Gasteiger partial charge in [0.05, 0.1) is 7.11 Å². The van der Waals surface area contributed by atoms with Gasteiger partial charge in [0.1, 0.15) is 6.04 Å². The summed E-state index contributed by atoms with van der Waals surface area (Å²) in [5.74, 6) is -3.01. The quantitative estimate of drug-likeness (QED) is 0.700. The molecule has 0 aliphatic carbocycles. The molecule has 7 heteroatoms. The van der Waals surface area contributed by atoms with Gasteiger partial charge in [0.25, 0.3) is 0 Å². The molecule has 0 bridgehead atoms. The first-order chi connectivity index (χ1) is 12.6. The minimum atomic E-state index is -5.08. The van der Waals surface area contributed by atoms with Crippen LogP contribution in [0.2, 0.25) is 0 Å². The minimum absolute atomic E-state index is 0.0715. The number of hydrogen-bond donors (Lipinski definition) is 0. The topological polar surface area (TPSA) is 46.6 Å². The summed E-state index contributed by atoms with van der Waals surface area (Å²) in [7, 11) is 1.10. The number of nitrogens with zero attached hydrogens (tertiary/aromatic N) is 1. The number of esters is 1. The fraction of sp³-hybridized carbons (Fsp3) is 0.400. The molecule has 0 aromatic heterocycles. The zero-order chi connectivity index (χ0) is 20.2. The predicted octanol–water partition coefficient (Wildman–Crippen LogP) is 4.32. The molecule has 1 atom stereocenters. The molecule has 0 saturated heterocycles. The Morgan fingerprint density at radius 2 is 1.70 bits per heavy atom. The molecule has 2 rings (SSSR count). The molecule has 0 fully saturated rings. The molecular formula is C20H22F3NO3. The first-order valence-electron chi connectivity index (χ1n) is 8.56. The van der Waals surface area contributed by atoms with Crippen LogP contribution in [-0.4, -0.2) is 36.1 Å². The van der Waals surface area contributed by atoms with E-state index in [1.165, 1.54) is 0 Å². The largest absolute Gasteiger partial charge is 0.471 e. The summed E-state index contributed by atoms with van der Waals surface area (Å²) in [5.41, 5.74) is 0.504. The summed E-state index contributed by atoms with van der Waals surface area (Å²) in [6.45, 7) is 3.19. The van der Waals surface area contributed by atoms with Gasteiger partial charge >= 0.3 is 18.1 Å². The van der Waals surface area contributed by atoms with Crippen molar-refractivity contribution in [1.82, 2.24) is 4.90 Å². The van der Waals surface area contributed by atoms with Gasteiger partial charge in [0.2, 0.25) is 0 Å². The highest BCUT2D eigenvalue weighted by Gasteiger charge is 2.46. The lowest BCUT2D eigenvalue weighted by Crippen LogP contribution is -2.50. The van der Waals surface area contributed by atoms with Gasteiger partial charge in [-0.25, -0.2) is 4.79 Å². The van der Waals surface area contributed by atoms with E-state index in [1.54, 1.807) is 32.0 Å². The summed E-state index contributed by atoms with van der Waals surface area (Å²) >= 11 is 0. The Labute approximate surface area is 155 Å². The number of halogens is 3. The Morgan fingerprint density at radius 1 is 1.07 bits per heavy atom. The average molecular weight is 381 g/mol. The van der Waals surface area contributed by atoms with E-state index in [9.17, 15) is 22.8 Å².